The molecule has 15 heavy (non-hydrogen) atoms. The highest BCUT2D eigenvalue weighted by Crippen LogP contribution is 2.18. The molecule has 2 rings (SSSR count). The molecule has 2 atom stereocenters. The van der Waals surface area contributed by atoms with Crippen molar-refractivity contribution in [2.75, 3.05) is 20.1 Å². The number of piperazine rings is 1. The average molecular weight is 211 g/mol. The van der Waals surface area contributed by atoms with Gasteiger partial charge in [-0.25, -0.2) is 0 Å². The molecule has 0 aromatic heterocycles. The second-order valence-electron chi connectivity index (χ2n) is 4.36. The van der Waals surface area contributed by atoms with Gasteiger partial charge < -0.3 is 9.80 Å². The van der Waals surface area contributed by atoms with Gasteiger partial charge in [-0.05, 0) is 26.3 Å². The highest BCUT2D eigenvalue weighted by Gasteiger charge is 2.39. The summed E-state index contributed by atoms with van der Waals surface area (Å²) in [6.45, 7) is 3.55. The lowest BCUT2D eigenvalue weighted by atomic mass is 10.1. The van der Waals surface area contributed by atoms with Crippen LogP contribution in [0.5, 0.6) is 0 Å². The number of carbonyl (C=O) groups excluding carboxylic acids is 2. The van der Waals surface area contributed by atoms with Crippen LogP contribution in [0.4, 0.5) is 0 Å². The molecule has 5 heteroatoms. The first-order valence-electron chi connectivity index (χ1n) is 5.42. The molecule has 0 spiro atoms. The van der Waals surface area contributed by atoms with Crippen molar-refractivity contribution in [1.29, 1.82) is 0 Å². The standard InChI is InChI=1S/C10H17N3O2/c1-7-6-12(2)9(14)10(15)13(7)8-4-3-5-11-8/h7-8,11H,3-6H2,1-2H3. The van der Waals surface area contributed by atoms with Crippen molar-refractivity contribution >= 4 is 11.8 Å². The van der Waals surface area contributed by atoms with Crippen LogP contribution in [0, 0.1) is 0 Å². The first-order valence-corrected chi connectivity index (χ1v) is 5.42. The Morgan fingerprint density at radius 2 is 2.07 bits per heavy atom. The number of carbonyl (C=O) groups is 2. The normalized spacial score (nSPS) is 32.7. The highest BCUT2D eigenvalue weighted by atomic mass is 16.2. The van der Waals surface area contributed by atoms with Crippen LogP contribution in [-0.2, 0) is 9.59 Å². The smallest absolute Gasteiger partial charge is 0.313 e. The molecule has 2 aliphatic rings. The second kappa shape index (κ2) is 3.81. The third-order valence-corrected chi connectivity index (χ3v) is 3.15. The maximum atomic E-state index is 11.8. The Morgan fingerprint density at radius 1 is 1.33 bits per heavy atom. The molecule has 2 aliphatic heterocycles. The van der Waals surface area contributed by atoms with Crippen molar-refractivity contribution in [2.24, 2.45) is 0 Å². The van der Waals surface area contributed by atoms with Crippen LogP contribution in [0.25, 0.3) is 0 Å². The summed E-state index contributed by atoms with van der Waals surface area (Å²) in [5.74, 6) is -0.752. The van der Waals surface area contributed by atoms with Gasteiger partial charge in [0.25, 0.3) is 0 Å². The summed E-state index contributed by atoms with van der Waals surface area (Å²) in [5.41, 5.74) is 0. The summed E-state index contributed by atoms with van der Waals surface area (Å²) in [6.07, 6.45) is 2.09. The predicted octanol–water partition coefficient (Wildman–Crippen LogP) is -0.615. The molecule has 0 aliphatic carbocycles. The van der Waals surface area contributed by atoms with E-state index in [9.17, 15) is 9.59 Å². The summed E-state index contributed by atoms with van der Waals surface area (Å²) in [6, 6.07) is 0.107. The monoisotopic (exact) mass is 211 g/mol. The van der Waals surface area contributed by atoms with Gasteiger partial charge in [-0.15, -0.1) is 0 Å². The topological polar surface area (TPSA) is 52.7 Å². The predicted molar refractivity (Wildman–Crippen MR) is 55.0 cm³/mol. The van der Waals surface area contributed by atoms with E-state index in [-0.39, 0.29) is 24.0 Å². The molecule has 0 radical (unpaired) electrons. The fraction of sp³-hybridized carbons (Fsp3) is 0.800. The first kappa shape index (κ1) is 10.4. The molecule has 84 valence electrons. The maximum absolute atomic E-state index is 11.8. The minimum absolute atomic E-state index is 0.0603. The molecule has 2 heterocycles. The van der Waals surface area contributed by atoms with Crippen LogP contribution >= 0.6 is 0 Å². The molecule has 0 aromatic rings. The van der Waals surface area contributed by atoms with Crippen molar-refractivity contribution in [3.8, 4) is 0 Å². The van der Waals surface area contributed by atoms with Gasteiger partial charge in [0.15, 0.2) is 0 Å². The van der Waals surface area contributed by atoms with E-state index in [1.807, 2.05) is 6.92 Å². The molecular weight excluding hydrogens is 194 g/mol. The van der Waals surface area contributed by atoms with Gasteiger partial charge >= 0.3 is 11.8 Å². The zero-order chi connectivity index (χ0) is 11.0. The van der Waals surface area contributed by atoms with Crippen LogP contribution in [-0.4, -0.2) is 54.0 Å². The van der Waals surface area contributed by atoms with Gasteiger partial charge in [-0.3, -0.25) is 14.9 Å². The molecule has 2 unspecified atom stereocenters. The molecule has 0 saturated carbocycles. The van der Waals surface area contributed by atoms with E-state index in [1.54, 1.807) is 11.9 Å². The summed E-state index contributed by atoms with van der Waals surface area (Å²) >= 11 is 0. The van der Waals surface area contributed by atoms with Crippen molar-refractivity contribution in [3.05, 3.63) is 0 Å². The fourth-order valence-electron chi connectivity index (χ4n) is 2.39. The van der Waals surface area contributed by atoms with Crippen LogP contribution in [0.1, 0.15) is 19.8 Å². The summed E-state index contributed by atoms with van der Waals surface area (Å²) in [5, 5.41) is 3.26. The molecule has 2 amide bonds. The van der Waals surface area contributed by atoms with Crippen molar-refractivity contribution in [3.63, 3.8) is 0 Å². The molecular formula is C10H17N3O2. The van der Waals surface area contributed by atoms with Crippen LogP contribution in [0.2, 0.25) is 0 Å². The van der Waals surface area contributed by atoms with Gasteiger partial charge in [-0.2, -0.15) is 0 Å². The van der Waals surface area contributed by atoms with E-state index in [2.05, 4.69) is 5.32 Å². The van der Waals surface area contributed by atoms with Crippen molar-refractivity contribution in [1.82, 2.24) is 15.1 Å². The second-order valence-corrected chi connectivity index (χ2v) is 4.36. The number of nitrogens with one attached hydrogen (secondary N) is 1. The zero-order valence-electron chi connectivity index (χ0n) is 9.19. The SMILES string of the molecule is CC1CN(C)C(=O)C(=O)N1C1CCCN1. The Bertz CT molecular complexity index is 286. The summed E-state index contributed by atoms with van der Waals surface area (Å²) < 4.78 is 0. The molecule has 1 N–H and O–H groups in total. The Kier molecular flexibility index (Phi) is 2.65. The van der Waals surface area contributed by atoms with Gasteiger partial charge in [0.05, 0.1) is 6.17 Å². The van der Waals surface area contributed by atoms with E-state index in [1.165, 1.54) is 4.90 Å². The number of hydrogen-bond acceptors (Lipinski definition) is 3. The molecule has 2 fully saturated rings. The van der Waals surface area contributed by atoms with Gasteiger partial charge in [-0.1, -0.05) is 0 Å². The van der Waals surface area contributed by atoms with E-state index >= 15 is 0 Å². The van der Waals surface area contributed by atoms with E-state index in [0.717, 1.165) is 19.4 Å². The molecule has 5 nitrogen and oxygen atoms in total. The van der Waals surface area contributed by atoms with Gasteiger partial charge in [0.2, 0.25) is 0 Å². The minimum Gasteiger partial charge on any atom is -0.335 e. The third-order valence-electron chi connectivity index (χ3n) is 3.15. The number of rotatable bonds is 1. The Labute approximate surface area is 89.4 Å². The van der Waals surface area contributed by atoms with Gasteiger partial charge in [0, 0.05) is 19.6 Å². The van der Waals surface area contributed by atoms with Crippen LogP contribution < -0.4 is 5.32 Å². The maximum Gasteiger partial charge on any atom is 0.313 e. The number of nitrogens with zero attached hydrogens (tertiary/aromatic N) is 2. The molecule has 2 saturated heterocycles. The van der Waals surface area contributed by atoms with Crippen LogP contribution in [0.3, 0.4) is 0 Å². The molecule has 0 aromatic carbocycles. The van der Waals surface area contributed by atoms with E-state index < -0.39 is 0 Å². The summed E-state index contributed by atoms with van der Waals surface area (Å²) in [7, 11) is 1.68. The number of amides is 2. The Balaban J connectivity index is 2.15. The fourth-order valence-corrected chi connectivity index (χ4v) is 2.39. The molecule has 0 bridgehead atoms. The quantitative estimate of drug-likeness (QED) is 0.588. The van der Waals surface area contributed by atoms with Crippen molar-refractivity contribution in [2.45, 2.75) is 32.0 Å². The number of likely N-dealkylation sites (N-methyl/N-ethyl adjacent to an activating group) is 1. The third kappa shape index (κ3) is 1.71. The van der Waals surface area contributed by atoms with E-state index in [0.29, 0.717) is 6.54 Å². The van der Waals surface area contributed by atoms with Crippen LogP contribution in [0.15, 0.2) is 0 Å². The summed E-state index contributed by atoms with van der Waals surface area (Å²) in [4.78, 5) is 26.6. The van der Waals surface area contributed by atoms with Crippen molar-refractivity contribution < 1.29 is 9.59 Å². The largest absolute Gasteiger partial charge is 0.335 e. The average Bonchev–Trinajstić information content (AvgIpc) is 2.68. The Hall–Kier alpha value is -1.10. The Morgan fingerprint density at radius 3 is 2.67 bits per heavy atom. The van der Waals surface area contributed by atoms with Gasteiger partial charge in [0.1, 0.15) is 0 Å². The van der Waals surface area contributed by atoms with E-state index in [4.69, 9.17) is 0 Å². The minimum atomic E-state index is -0.387. The lowest BCUT2D eigenvalue weighted by Crippen LogP contribution is -2.62. The lowest BCUT2D eigenvalue weighted by Gasteiger charge is -2.40. The zero-order valence-corrected chi connectivity index (χ0v) is 9.19. The number of hydrogen-bond donors (Lipinski definition) is 1. The highest BCUT2D eigenvalue weighted by molar-refractivity contribution is 6.35. The lowest BCUT2D eigenvalue weighted by molar-refractivity contribution is -0.160. The first-order chi connectivity index (χ1) is 7.11.